The Kier molecular flexibility index (Phi) is 3.81. The van der Waals surface area contributed by atoms with Gasteiger partial charge in [-0.1, -0.05) is 40.2 Å². The van der Waals surface area contributed by atoms with Crippen molar-refractivity contribution in [1.29, 1.82) is 0 Å². The van der Waals surface area contributed by atoms with Gasteiger partial charge in [-0.05, 0) is 48.6 Å². The van der Waals surface area contributed by atoms with Crippen LogP contribution in [0.4, 0.5) is 4.39 Å². The van der Waals surface area contributed by atoms with Gasteiger partial charge >= 0.3 is 5.97 Å². The molecular formula is C18H16BrFO2. The third kappa shape index (κ3) is 2.45. The van der Waals surface area contributed by atoms with E-state index in [1.807, 2.05) is 37.3 Å². The molecule has 114 valence electrons. The van der Waals surface area contributed by atoms with E-state index in [4.69, 9.17) is 4.74 Å². The molecule has 0 saturated heterocycles. The topological polar surface area (TPSA) is 26.3 Å². The smallest absolute Gasteiger partial charge is 0.316 e. The molecule has 0 bridgehead atoms. The van der Waals surface area contributed by atoms with E-state index in [0.29, 0.717) is 5.56 Å². The summed E-state index contributed by atoms with van der Waals surface area (Å²) in [5.41, 5.74) is 2.81. The van der Waals surface area contributed by atoms with Crippen molar-refractivity contribution in [3.05, 3.63) is 57.8 Å². The molecule has 0 aromatic heterocycles. The molecule has 1 aliphatic rings. The normalized spacial score (nSPS) is 15.5. The van der Waals surface area contributed by atoms with E-state index in [1.165, 1.54) is 13.2 Å². The van der Waals surface area contributed by atoms with Crippen LogP contribution in [0.1, 0.15) is 24.0 Å². The average Bonchev–Trinajstić information content (AvgIpc) is 3.32. The Balaban J connectivity index is 1.96. The van der Waals surface area contributed by atoms with E-state index in [-0.39, 0.29) is 11.8 Å². The molecule has 0 amide bonds. The molecular weight excluding hydrogens is 347 g/mol. The summed E-state index contributed by atoms with van der Waals surface area (Å²) >= 11 is 3.33. The Hall–Kier alpha value is -1.68. The van der Waals surface area contributed by atoms with Crippen molar-refractivity contribution in [2.75, 3.05) is 7.11 Å². The molecule has 3 rings (SSSR count). The van der Waals surface area contributed by atoms with Crippen LogP contribution >= 0.6 is 15.9 Å². The predicted octanol–water partition coefficient (Wildman–Crippen LogP) is 4.77. The fourth-order valence-electron chi connectivity index (χ4n) is 2.78. The Morgan fingerprint density at radius 1 is 1.23 bits per heavy atom. The van der Waals surface area contributed by atoms with Crippen LogP contribution in [-0.2, 0) is 14.9 Å². The van der Waals surface area contributed by atoms with Crippen molar-refractivity contribution in [3.8, 4) is 11.1 Å². The molecule has 4 heteroatoms. The number of methoxy groups -OCH3 is 1. The Morgan fingerprint density at radius 3 is 2.41 bits per heavy atom. The molecule has 1 fully saturated rings. The molecule has 0 aliphatic heterocycles. The van der Waals surface area contributed by atoms with Crippen LogP contribution in [0.25, 0.3) is 11.1 Å². The molecule has 22 heavy (non-hydrogen) atoms. The molecule has 2 nitrogen and oxygen atoms in total. The van der Waals surface area contributed by atoms with Crippen molar-refractivity contribution in [1.82, 2.24) is 0 Å². The summed E-state index contributed by atoms with van der Waals surface area (Å²) in [6.07, 6.45) is 1.62. The molecule has 0 unspecified atom stereocenters. The van der Waals surface area contributed by atoms with Crippen molar-refractivity contribution in [2.24, 2.45) is 0 Å². The maximum absolute atomic E-state index is 14.1. The van der Waals surface area contributed by atoms with E-state index in [0.717, 1.165) is 34.0 Å². The van der Waals surface area contributed by atoms with Gasteiger partial charge in [0, 0.05) is 10.0 Å². The molecule has 1 saturated carbocycles. The number of aryl methyl sites for hydroxylation is 1. The van der Waals surface area contributed by atoms with Gasteiger partial charge in [-0.3, -0.25) is 4.79 Å². The molecule has 1 aliphatic carbocycles. The van der Waals surface area contributed by atoms with Gasteiger partial charge in [-0.15, -0.1) is 0 Å². The minimum Gasteiger partial charge on any atom is -0.468 e. The Bertz CT molecular complexity index is 733. The Labute approximate surface area is 137 Å². The zero-order chi connectivity index (χ0) is 15.9. The number of rotatable bonds is 3. The van der Waals surface area contributed by atoms with Gasteiger partial charge in [0.25, 0.3) is 0 Å². The van der Waals surface area contributed by atoms with Gasteiger partial charge in [0.05, 0.1) is 12.5 Å². The lowest BCUT2D eigenvalue weighted by molar-refractivity contribution is -0.143. The summed E-state index contributed by atoms with van der Waals surface area (Å²) in [7, 11) is 1.41. The summed E-state index contributed by atoms with van der Waals surface area (Å²) < 4.78 is 19.8. The fraction of sp³-hybridized carbons (Fsp3) is 0.278. The Morgan fingerprint density at radius 2 is 1.86 bits per heavy atom. The number of halogens is 2. The fourth-order valence-corrected chi connectivity index (χ4v) is 3.09. The van der Waals surface area contributed by atoms with Gasteiger partial charge in [0.1, 0.15) is 5.82 Å². The van der Waals surface area contributed by atoms with Crippen LogP contribution in [0.3, 0.4) is 0 Å². The monoisotopic (exact) mass is 362 g/mol. The van der Waals surface area contributed by atoms with Crippen LogP contribution < -0.4 is 0 Å². The lowest BCUT2D eigenvalue weighted by atomic mass is 9.93. The lowest BCUT2D eigenvalue weighted by Gasteiger charge is -2.14. The van der Waals surface area contributed by atoms with Crippen LogP contribution in [0.2, 0.25) is 0 Å². The zero-order valence-corrected chi connectivity index (χ0v) is 14.0. The van der Waals surface area contributed by atoms with E-state index in [2.05, 4.69) is 15.9 Å². The SMILES string of the molecule is COC(=O)C1(c2ccc(-c3cc(C)c(Br)cc3F)cc2)CC1. The van der Waals surface area contributed by atoms with Gasteiger partial charge < -0.3 is 4.74 Å². The van der Waals surface area contributed by atoms with Gasteiger partial charge in [-0.2, -0.15) is 0 Å². The summed E-state index contributed by atoms with van der Waals surface area (Å²) in [6.45, 7) is 1.93. The van der Waals surface area contributed by atoms with E-state index < -0.39 is 5.41 Å². The number of esters is 1. The number of carbonyl (C=O) groups excluding carboxylic acids is 1. The first kappa shape index (κ1) is 15.2. The molecule has 0 heterocycles. The minimum atomic E-state index is -0.485. The number of benzene rings is 2. The quantitative estimate of drug-likeness (QED) is 0.735. The average molecular weight is 363 g/mol. The summed E-state index contributed by atoms with van der Waals surface area (Å²) in [6, 6.07) is 10.8. The molecule has 0 radical (unpaired) electrons. The second-order valence-corrected chi connectivity index (χ2v) is 6.59. The maximum atomic E-state index is 14.1. The molecule has 0 N–H and O–H groups in total. The first-order valence-electron chi connectivity index (χ1n) is 7.13. The standard InChI is InChI=1S/C18H16BrFO2/c1-11-9-14(16(20)10-15(11)19)12-3-5-13(6-4-12)18(7-8-18)17(21)22-2/h3-6,9-10H,7-8H2,1-2H3. The molecule has 2 aromatic rings. The lowest BCUT2D eigenvalue weighted by Crippen LogP contribution is -2.21. The highest BCUT2D eigenvalue weighted by Crippen LogP contribution is 2.49. The van der Waals surface area contributed by atoms with Crippen molar-refractivity contribution in [2.45, 2.75) is 25.2 Å². The van der Waals surface area contributed by atoms with E-state index >= 15 is 0 Å². The first-order chi connectivity index (χ1) is 10.5. The highest BCUT2D eigenvalue weighted by molar-refractivity contribution is 9.10. The highest BCUT2D eigenvalue weighted by Gasteiger charge is 2.52. The van der Waals surface area contributed by atoms with Gasteiger partial charge in [0.2, 0.25) is 0 Å². The zero-order valence-electron chi connectivity index (χ0n) is 12.5. The van der Waals surface area contributed by atoms with Crippen LogP contribution in [0, 0.1) is 12.7 Å². The predicted molar refractivity (Wildman–Crippen MR) is 87.2 cm³/mol. The molecule has 0 atom stereocenters. The van der Waals surface area contributed by atoms with Crippen LogP contribution in [0.5, 0.6) is 0 Å². The number of carbonyl (C=O) groups is 1. The largest absolute Gasteiger partial charge is 0.468 e. The van der Waals surface area contributed by atoms with Gasteiger partial charge in [-0.25, -0.2) is 4.39 Å². The summed E-state index contributed by atoms with van der Waals surface area (Å²) in [4.78, 5) is 11.9. The maximum Gasteiger partial charge on any atom is 0.316 e. The molecule has 0 spiro atoms. The number of ether oxygens (including phenoxy) is 1. The third-order valence-electron chi connectivity index (χ3n) is 4.32. The summed E-state index contributed by atoms with van der Waals surface area (Å²) in [5.74, 6) is -0.453. The first-order valence-corrected chi connectivity index (χ1v) is 7.92. The second-order valence-electron chi connectivity index (χ2n) is 5.73. The number of hydrogen-bond donors (Lipinski definition) is 0. The van der Waals surface area contributed by atoms with E-state index in [1.54, 1.807) is 0 Å². The van der Waals surface area contributed by atoms with E-state index in [9.17, 15) is 9.18 Å². The third-order valence-corrected chi connectivity index (χ3v) is 5.18. The van der Waals surface area contributed by atoms with Crippen LogP contribution in [0.15, 0.2) is 40.9 Å². The van der Waals surface area contributed by atoms with Crippen molar-refractivity contribution < 1.29 is 13.9 Å². The summed E-state index contributed by atoms with van der Waals surface area (Å²) in [5, 5.41) is 0. The van der Waals surface area contributed by atoms with Crippen molar-refractivity contribution in [3.63, 3.8) is 0 Å². The minimum absolute atomic E-state index is 0.189. The van der Waals surface area contributed by atoms with Crippen molar-refractivity contribution >= 4 is 21.9 Å². The molecule has 2 aromatic carbocycles. The van der Waals surface area contributed by atoms with Crippen LogP contribution in [-0.4, -0.2) is 13.1 Å². The second kappa shape index (κ2) is 5.51. The van der Waals surface area contributed by atoms with Gasteiger partial charge in [0.15, 0.2) is 0 Å². The highest BCUT2D eigenvalue weighted by atomic mass is 79.9. The number of hydrogen-bond acceptors (Lipinski definition) is 2.